The van der Waals surface area contributed by atoms with E-state index in [2.05, 4.69) is 30.8 Å². The lowest BCUT2D eigenvalue weighted by Gasteiger charge is -2.16. The molecule has 0 radical (unpaired) electrons. The Hall–Kier alpha value is -3.22. The van der Waals surface area contributed by atoms with Gasteiger partial charge in [-0.25, -0.2) is 17.9 Å². The highest BCUT2D eigenvalue weighted by atomic mass is 35.5. The van der Waals surface area contributed by atoms with Gasteiger partial charge in [0, 0.05) is 23.7 Å². The van der Waals surface area contributed by atoms with Gasteiger partial charge in [0.1, 0.15) is 5.75 Å². The molecular weight excluding hydrogens is 470 g/mol. The minimum atomic E-state index is -3.32. The van der Waals surface area contributed by atoms with Crippen molar-refractivity contribution in [3.63, 3.8) is 0 Å². The zero-order valence-corrected chi connectivity index (χ0v) is 19.6. The fraction of sp³-hybridized carbons (Fsp3) is 0.300. The Bertz CT molecular complexity index is 1170. The van der Waals surface area contributed by atoms with Gasteiger partial charge in [-0.2, -0.15) is 4.80 Å². The molecule has 11 nitrogen and oxygen atoms in total. The van der Waals surface area contributed by atoms with Gasteiger partial charge in [-0.05, 0) is 47.2 Å². The Morgan fingerprint density at radius 3 is 2.48 bits per heavy atom. The third-order valence-corrected chi connectivity index (χ3v) is 5.44. The number of rotatable bonds is 10. The zero-order valence-electron chi connectivity index (χ0n) is 18.0. The molecule has 0 aliphatic carbocycles. The second kappa shape index (κ2) is 11.1. The molecule has 0 spiro atoms. The van der Waals surface area contributed by atoms with Crippen LogP contribution in [-0.2, 0) is 23.0 Å². The third kappa shape index (κ3) is 8.00. The fourth-order valence-electron chi connectivity index (χ4n) is 2.88. The zero-order chi connectivity index (χ0) is 23.8. The lowest BCUT2D eigenvalue weighted by Crippen LogP contribution is -2.34. The number of ether oxygens (including phenoxy) is 1. The second-order valence-electron chi connectivity index (χ2n) is 7.12. The van der Waals surface area contributed by atoms with Gasteiger partial charge in [-0.15, -0.1) is 10.2 Å². The number of tetrazole rings is 1. The van der Waals surface area contributed by atoms with Crippen molar-refractivity contribution in [2.45, 2.75) is 19.0 Å². The average Bonchev–Trinajstić information content (AvgIpc) is 3.23. The maximum Gasteiger partial charge on any atom is 0.319 e. The van der Waals surface area contributed by atoms with Crippen LogP contribution in [0.5, 0.6) is 5.75 Å². The highest BCUT2D eigenvalue weighted by Gasteiger charge is 2.21. The number of hydrogen-bond donors (Lipinski definition) is 3. The summed E-state index contributed by atoms with van der Waals surface area (Å²) in [5, 5.41) is 18.5. The molecule has 13 heteroatoms. The van der Waals surface area contributed by atoms with Crippen molar-refractivity contribution < 1.29 is 17.9 Å². The summed E-state index contributed by atoms with van der Waals surface area (Å²) in [5.74, 6) is 1.00. The lowest BCUT2D eigenvalue weighted by molar-refractivity contribution is 0.248. The molecular formula is C20H24ClN7O4S. The highest BCUT2D eigenvalue weighted by Crippen LogP contribution is 2.19. The van der Waals surface area contributed by atoms with E-state index >= 15 is 0 Å². The largest absolute Gasteiger partial charge is 0.497 e. The number of nitrogens with one attached hydrogen (secondary N) is 3. The van der Waals surface area contributed by atoms with Crippen LogP contribution in [0.2, 0.25) is 5.02 Å². The first kappa shape index (κ1) is 24.4. The summed E-state index contributed by atoms with van der Waals surface area (Å²) in [6.45, 7) is 0.300. The van der Waals surface area contributed by atoms with Crippen LogP contribution in [0, 0.1) is 0 Å². The first-order valence-electron chi connectivity index (χ1n) is 9.90. The van der Waals surface area contributed by atoms with E-state index in [4.69, 9.17) is 16.3 Å². The van der Waals surface area contributed by atoms with Gasteiger partial charge in [0.2, 0.25) is 10.0 Å². The highest BCUT2D eigenvalue weighted by molar-refractivity contribution is 7.88. The van der Waals surface area contributed by atoms with E-state index in [1.54, 1.807) is 31.4 Å². The summed E-state index contributed by atoms with van der Waals surface area (Å²) >= 11 is 5.89. The standard InChI is InChI=1S/C20H24ClN7O4S/c1-32-17-9-3-14(4-10-17)13-18(24-20(29)23-16-7-5-15(21)6-8-16)19-25-27-28(26-19)12-11-22-33(2,30)31/h3-10,18,22H,11-13H2,1-2H3,(H2,23,24,29)/t18-/m0/s1. The van der Waals surface area contributed by atoms with Crippen LogP contribution >= 0.6 is 11.6 Å². The van der Waals surface area contributed by atoms with Crippen molar-refractivity contribution in [1.29, 1.82) is 0 Å². The summed E-state index contributed by atoms with van der Waals surface area (Å²) in [6.07, 6.45) is 1.46. The van der Waals surface area contributed by atoms with Crippen LogP contribution < -0.4 is 20.1 Å². The molecule has 1 aromatic heterocycles. The van der Waals surface area contributed by atoms with Gasteiger partial charge in [0.05, 0.1) is 26.0 Å². The number of carbonyl (C=O) groups excluding carboxylic acids is 1. The van der Waals surface area contributed by atoms with Crippen molar-refractivity contribution in [2.24, 2.45) is 0 Å². The van der Waals surface area contributed by atoms with Crippen LogP contribution in [0.1, 0.15) is 17.4 Å². The Morgan fingerprint density at radius 1 is 1.15 bits per heavy atom. The molecule has 0 unspecified atom stereocenters. The van der Waals surface area contributed by atoms with E-state index in [9.17, 15) is 13.2 Å². The molecule has 3 aromatic rings. The number of sulfonamides is 1. The van der Waals surface area contributed by atoms with Gasteiger partial charge in [0.15, 0.2) is 5.82 Å². The smallest absolute Gasteiger partial charge is 0.319 e. The van der Waals surface area contributed by atoms with Gasteiger partial charge in [0.25, 0.3) is 0 Å². The predicted molar refractivity (Wildman–Crippen MR) is 124 cm³/mol. The number of methoxy groups -OCH3 is 1. The van der Waals surface area contributed by atoms with E-state index in [0.29, 0.717) is 22.9 Å². The van der Waals surface area contributed by atoms with Crippen LogP contribution in [0.25, 0.3) is 0 Å². The second-order valence-corrected chi connectivity index (χ2v) is 9.39. The van der Waals surface area contributed by atoms with Gasteiger partial charge in [-0.3, -0.25) is 0 Å². The molecule has 2 aromatic carbocycles. The van der Waals surface area contributed by atoms with Crippen molar-refractivity contribution in [1.82, 2.24) is 30.2 Å². The molecule has 0 fully saturated rings. The first-order chi connectivity index (χ1) is 15.7. The van der Waals surface area contributed by atoms with Gasteiger partial charge >= 0.3 is 6.03 Å². The summed E-state index contributed by atoms with van der Waals surface area (Å²) in [7, 11) is -1.74. The average molecular weight is 494 g/mol. The number of nitrogens with zero attached hydrogens (tertiary/aromatic N) is 4. The van der Waals surface area contributed by atoms with Crippen LogP contribution in [-0.4, -0.2) is 54.6 Å². The van der Waals surface area contributed by atoms with Crippen LogP contribution in [0.3, 0.4) is 0 Å². The summed E-state index contributed by atoms with van der Waals surface area (Å²) in [4.78, 5) is 13.9. The number of hydrogen-bond acceptors (Lipinski definition) is 7. The summed E-state index contributed by atoms with van der Waals surface area (Å²) in [6, 6.07) is 13.1. The molecule has 3 N–H and O–H groups in total. The van der Waals surface area contributed by atoms with E-state index in [0.717, 1.165) is 11.8 Å². The summed E-state index contributed by atoms with van der Waals surface area (Å²) < 4.78 is 30.0. The van der Waals surface area contributed by atoms with Crippen molar-refractivity contribution in [3.8, 4) is 5.75 Å². The first-order valence-corrected chi connectivity index (χ1v) is 12.2. The molecule has 0 aliphatic heterocycles. The third-order valence-electron chi connectivity index (χ3n) is 4.46. The van der Waals surface area contributed by atoms with Gasteiger partial charge < -0.3 is 15.4 Å². The molecule has 176 valence electrons. The minimum Gasteiger partial charge on any atom is -0.497 e. The topological polar surface area (TPSA) is 140 Å². The molecule has 0 aliphatic rings. The fourth-order valence-corrected chi connectivity index (χ4v) is 3.47. The molecule has 0 saturated heterocycles. The molecule has 2 amide bonds. The number of carbonyl (C=O) groups is 1. The lowest BCUT2D eigenvalue weighted by atomic mass is 10.1. The van der Waals surface area contributed by atoms with Crippen molar-refractivity contribution in [3.05, 3.63) is 64.9 Å². The van der Waals surface area contributed by atoms with E-state index < -0.39 is 22.1 Å². The SMILES string of the molecule is COc1ccc(C[C@H](NC(=O)Nc2ccc(Cl)cc2)c2nnn(CCNS(C)(=O)=O)n2)cc1. The quantitative estimate of drug-likeness (QED) is 0.392. The normalized spacial score (nSPS) is 12.2. The number of benzene rings is 2. The molecule has 1 atom stereocenters. The maximum atomic E-state index is 12.6. The Morgan fingerprint density at radius 2 is 1.85 bits per heavy atom. The number of amides is 2. The molecule has 0 saturated carbocycles. The number of halogens is 1. The monoisotopic (exact) mass is 493 g/mol. The molecule has 33 heavy (non-hydrogen) atoms. The van der Waals surface area contributed by atoms with Gasteiger partial charge in [-0.1, -0.05) is 23.7 Å². The van der Waals surface area contributed by atoms with Crippen molar-refractivity contribution >= 4 is 33.3 Å². The van der Waals surface area contributed by atoms with E-state index in [1.807, 2.05) is 24.3 Å². The molecule has 0 bridgehead atoms. The van der Waals surface area contributed by atoms with Crippen LogP contribution in [0.15, 0.2) is 48.5 Å². The predicted octanol–water partition coefficient (Wildman–Crippen LogP) is 1.99. The number of urea groups is 1. The Labute approximate surface area is 196 Å². The molecule has 1 heterocycles. The minimum absolute atomic E-state index is 0.113. The molecule has 3 rings (SSSR count). The van der Waals surface area contributed by atoms with Crippen LogP contribution in [0.4, 0.5) is 10.5 Å². The number of aromatic nitrogens is 4. The Kier molecular flexibility index (Phi) is 8.20. The summed E-state index contributed by atoms with van der Waals surface area (Å²) in [5.41, 5.74) is 1.49. The Balaban J connectivity index is 1.73. The number of anilines is 1. The van der Waals surface area contributed by atoms with Crippen molar-refractivity contribution in [2.75, 3.05) is 25.2 Å². The van der Waals surface area contributed by atoms with E-state index in [-0.39, 0.29) is 18.9 Å². The maximum absolute atomic E-state index is 12.6. The van der Waals surface area contributed by atoms with E-state index in [1.165, 1.54) is 4.80 Å².